The van der Waals surface area contributed by atoms with Gasteiger partial charge in [0.2, 0.25) is 5.91 Å². The first-order valence-electron chi connectivity index (χ1n) is 12.6. The van der Waals surface area contributed by atoms with Crippen LogP contribution in [0.1, 0.15) is 36.0 Å². The van der Waals surface area contributed by atoms with E-state index in [0.717, 1.165) is 6.07 Å². The summed E-state index contributed by atoms with van der Waals surface area (Å²) in [4.78, 5) is 15.1. The van der Waals surface area contributed by atoms with Crippen LogP contribution in [0.25, 0.3) is 0 Å². The van der Waals surface area contributed by atoms with Crippen molar-refractivity contribution in [3.05, 3.63) is 93.5 Å². The van der Waals surface area contributed by atoms with Gasteiger partial charge in [0.05, 0.1) is 12.5 Å². The second-order valence-electron chi connectivity index (χ2n) is 9.95. The lowest BCUT2D eigenvalue weighted by Crippen LogP contribution is -2.54. The molecule has 1 unspecified atom stereocenters. The van der Waals surface area contributed by atoms with Gasteiger partial charge in [0, 0.05) is 33.8 Å². The molecule has 0 fully saturated rings. The van der Waals surface area contributed by atoms with Crippen LogP contribution in [0, 0.1) is 5.92 Å². The predicted molar refractivity (Wildman–Crippen MR) is 143 cm³/mol. The van der Waals surface area contributed by atoms with Gasteiger partial charge in [-0.25, -0.2) is 0 Å². The zero-order chi connectivity index (χ0) is 30.2. The molecule has 1 aliphatic heterocycles. The van der Waals surface area contributed by atoms with Gasteiger partial charge < -0.3 is 14.7 Å². The Balaban J connectivity index is 1.72. The average molecular weight is 620 g/mol. The van der Waals surface area contributed by atoms with Crippen LogP contribution < -0.4 is 9.64 Å². The molecule has 2 atom stereocenters. The summed E-state index contributed by atoms with van der Waals surface area (Å²) in [5.74, 6) is -1.07. The number of nitrogens with zero attached hydrogens (tertiary/aromatic N) is 1. The van der Waals surface area contributed by atoms with Gasteiger partial charge in [0.1, 0.15) is 5.75 Å². The molecule has 0 saturated heterocycles. The molecule has 0 bridgehead atoms. The van der Waals surface area contributed by atoms with E-state index in [2.05, 4.69) is 0 Å². The number of amides is 1. The number of alkyl halides is 6. The van der Waals surface area contributed by atoms with Crippen LogP contribution in [-0.4, -0.2) is 36.5 Å². The molecule has 3 aromatic rings. The number of hydrogen-bond acceptors (Lipinski definition) is 3. The molecule has 220 valence electrons. The third-order valence-electron chi connectivity index (χ3n) is 7.13. The molecule has 1 amide bonds. The summed E-state index contributed by atoms with van der Waals surface area (Å²) in [5, 5.41) is 10.6. The van der Waals surface area contributed by atoms with E-state index >= 15 is 0 Å². The summed E-state index contributed by atoms with van der Waals surface area (Å²) < 4.78 is 87.5. The Morgan fingerprint density at radius 2 is 1.59 bits per heavy atom. The highest BCUT2D eigenvalue weighted by Crippen LogP contribution is 2.51. The van der Waals surface area contributed by atoms with Crippen molar-refractivity contribution < 1.29 is 41.0 Å². The Hall–Kier alpha value is -2.95. The Morgan fingerprint density at radius 1 is 0.976 bits per heavy atom. The number of ether oxygens (including phenoxy) is 1. The van der Waals surface area contributed by atoms with E-state index in [1.807, 2.05) is 0 Å². The number of carbonyl (C=O) groups is 1. The van der Waals surface area contributed by atoms with Crippen molar-refractivity contribution in [3.8, 4) is 5.75 Å². The van der Waals surface area contributed by atoms with Crippen LogP contribution in [0.4, 0.5) is 32.0 Å². The first-order chi connectivity index (χ1) is 19.1. The van der Waals surface area contributed by atoms with E-state index in [0.29, 0.717) is 33.5 Å². The Bertz CT molecular complexity index is 1360. The molecular formula is C29H25Cl2F6NO3. The fourth-order valence-electron chi connectivity index (χ4n) is 4.86. The fourth-order valence-corrected chi connectivity index (χ4v) is 5.36. The van der Waals surface area contributed by atoms with Crippen LogP contribution in [-0.2, 0) is 16.8 Å². The van der Waals surface area contributed by atoms with E-state index in [9.17, 15) is 36.2 Å². The summed E-state index contributed by atoms with van der Waals surface area (Å²) >= 11 is 12.1. The Labute approximate surface area is 242 Å². The van der Waals surface area contributed by atoms with E-state index in [1.165, 1.54) is 11.0 Å². The minimum Gasteiger partial charge on any atom is -0.493 e. The smallest absolute Gasteiger partial charge is 0.430 e. The number of aryl methyl sites for hydroxylation is 1. The molecule has 0 spiro atoms. The largest absolute Gasteiger partial charge is 0.493 e. The quantitative estimate of drug-likeness (QED) is 0.284. The second kappa shape index (κ2) is 11.7. The average Bonchev–Trinajstić information content (AvgIpc) is 3.08. The number of aliphatic hydroxyl groups is 1. The number of anilines is 1. The van der Waals surface area contributed by atoms with Crippen molar-refractivity contribution >= 4 is 34.8 Å². The van der Waals surface area contributed by atoms with Crippen molar-refractivity contribution in [2.24, 2.45) is 5.92 Å². The van der Waals surface area contributed by atoms with Gasteiger partial charge in [0.15, 0.2) is 0 Å². The van der Waals surface area contributed by atoms with Crippen molar-refractivity contribution in [2.45, 2.75) is 43.6 Å². The lowest BCUT2D eigenvalue weighted by atomic mass is 9.89. The third kappa shape index (κ3) is 6.44. The number of hydrogen-bond donors (Lipinski definition) is 1. The van der Waals surface area contributed by atoms with Crippen LogP contribution >= 0.6 is 23.2 Å². The monoisotopic (exact) mass is 619 g/mol. The number of halogens is 8. The second-order valence-corrected chi connectivity index (χ2v) is 10.8. The third-order valence-corrected chi connectivity index (χ3v) is 7.57. The van der Waals surface area contributed by atoms with Gasteiger partial charge in [-0.1, -0.05) is 65.7 Å². The minimum atomic E-state index is -6.03. The lowest BCUT2D eigenvalue weighted by molar-refractivity contribution is -0.376. The number of benzene rings is 3. The predicted octanol–water partition coefficient (Wildman–Crippen LogP) is 8.08. The van der Waals surface area contributed by atoms with Gasteiger partial charge in [-0.15, -0.1) is 0 Å². The molecule has 3 aromatic carbocycles. The van der Waals surface area contributed by atoms with Gasteiger partial charge >= 0.3 is 12.4 Å². The Kier molecular flexibility index (Phi) is 8.87. The lowest BCUT2D eigenvalue weighted by Gasteiger charge is -2.34. The molecule has 41 heavy (non-hydrogen) atoms. The maximum Gasteiger partial charge on any atom is 0.430 e. The molecule has 0 saturated carbocycles. The van der Waals surface area contributed by atoms with E-state index < -0.39 is 35.3 Å². The van der Waals surface area contributed by atoms with Crippen LogP contribution in [0.15, 0.2) is 66.7 Å². The molecule has 0 radical (unpaired) electrons. The molecule has 0 aromatic heterocycles. The van der Waals surface area contributed by atoms with E-state index in [4.69, 9.17) is 27.9 Å². The van der Waals surface area contributed by atoms with Gasteiger partial charge in [0.25, 0.3) is 5.60 Å². The number of fused-ring (bicyclic) bond motifs is 1. The summed E-state index contributed by atoms with van der Waals surface area (Å²) in [6.07, 6.45) is -11.8. The molecule has 4 nitrogen and oxygen atoms in total. The summed E-state index contributed by atoms with van der Waals surface area (Å²) in [5.41, 5.74) is -5.53. The van der Waals surface area contributed by atoms with Gasteiger partial charge in [-0.3, -0.25) is 4.79 Å². The minimum absolute atomic E-state index is 0.0305. The number of carbonyl (C=O) groups excluding carboxylic acids is 1. The maximum absolute atomic E-state index is 13.8. The molecule has 1 heterocycles. The molecule has 4 rings (SSSR count). The highest BCUT2D eigenvalue weighted by Gasteiger charge is 2.71. The maximum atomic E-state index is 13.8. The van der Waals surface area contributed by atoms with Crippen molar-refractivity contribution in [3.63, 3.8) is 0 Å². The standard InChI is InChI=1S/C29H25Cl2F6NO3/c1-17(19-5-3-2-4-6-19)26(39)38-15-18(16-41-24-13-22(30)12-23(31)14-24)7-8-20-11-21(9-10-25(20)38)27(40,28(32,33)34)29(35,36)37/h2-6,9-14,17-18,40H,7-8,15-16H2,1H3/t17-,18?/m0/s1. The molecule has 0 aliphatic carbocycles. The van der Waals surface area contributed by atoms with Crippen molar-refractivity contribution in [2.75, 3.05) is 18.1 Å². The van der Waals surface area contributed by atoms with Gasteiger partial charge in [-0.2, -0.15) is 26.3 Å². The normalized spacial score (nSPS) is 17.0. The van der Waals surface area contributed by atoms with Crippen LogP contribution in [0.2, 0.25) is 10.0 Å². The SMILES string of the molecule is C[C@H](C(=O)N1CC(COc2cc(Cl)cc(Cl)c2)CCc2cc(C(O)(C(F)(F)F)C(F)(F)F)ccc21)c1ccccc1. The highest BCUT2D eigenvalue weighted by molar-refractivity contribution is 6.34. The fraction of sp³-hybridized carbons (Fsp3) is 0.345. The topological polar surface area (TPSA) is 49.8 Å². The van der Waals surface area contributed by atoms with Crippen molar-refractivity contribution in [1.29, 1.82) is 0 Å². The zero-order valence-electron chi connectivity index (χ0n) is 21.6. The van der Waals surface area contributed by atoms with Gasteiger partial charge in [-0.05, 0) is 55.2 Å². The van der Waals surface area contributed by atoms with Crippen LogP contribution in [0.5, 0.6) is 5.75 Å². The van der Waals surface area contributed by atoms with Crippen molar-refractivity contribution in [1.82, 2.24) is 0 Å². The summed E-state index contributed by atoms with van der Waals surface area (Å²) in [7, 11) is 0. The number of rotatable bonds is 6. The molecule has 1 N–H and O–H groups in total. The molecule has 1 aliphatic rings. The Morgan fingerprint density at radius 3 is 2.17 bits per heavy atom. The van der Waals surface area contributed by atoms with Crippen LogP contribution in [0.3, 0.4) is 0 Å². The summed E-state index contributed by atoms with van der Waals surface area (Å²) in [6, 6.07) is 15.7. The summed E-state index contributed by atoms with van der Waals surface area (Å²) in [6.45, 7) is 1.82. The van der Waals surface area contributed by atoms with E-state index in [-0.39, 0.29) is 43.2 Å². The first-order valence-corrected chi connectivity index (χ1v) is 13.3. The first kappa shape index (κ1) is 31.0. The molecule has 12 heteroatoms. The van der Waals surface area contributed by atoms with E-state index in [1.54, 1.807) is 49.4 Å². The molecular weight excluding hydrogens is 595 g/mol. The zero-order valence-corrected chi connectivity index (χ0v) is 23.1. The highest BCUT2D eigenvalue weighted by atomic mass is 35.5.